The van der Waals surface area contributed by atoms with Gasteiger partial charge in [0.05, 0.1) is 143 Å². The van der Waals surface area contributed by atoms with E-state index in [0.717, 1.165) is 11.1 Å². The third kappa shape index (κ3) is 25.9. The SMILES string of the molecule is COc1cc2cc(c1Cl)N(C)C(=O)C[C@H](OC(=O)[C@H](C)N(C)C(=O)CCC(C)(C)SCC(=O)NCCOCCOCCOCCOCCOCCOCCOCCOCCC(=O)ON1C(=O)CCC1=O)[C@]1(C)O[C@H]1[C@H](C)[C@@H]1C[C@@](O)(NC(=O)O1)[C@H](OC)/C=C/C=C(\C)C2. The molecular formula is C63H96ClN5O23S. The highest BCUT2D eigenvalue weighted by Crippen LogP contribution is 2.49. The van der Waals surface area contributed by atoms with Gasteiger partial charge in [-0.15, -0.1) is 16.8 Å². The number of anilines is 1. The molecule has 6 amide bonds. The van der Waals surface area contributed by atoms with E-state index < -0.39 is 88.2 Å². The fourth-order valence-electron chi connectivity index (χ4n) is 10.1. The summed E-state index contributed by atoms with van der Waals surface area (Å²) >= 11 is 8.23. The summed E-state index contributed by atoms with van der Waals surface area (Å²) in [4.78, 5) is 110. The van der Waals surface area contributed by atoms with Gasteiger partial charge in [0.2, 0.25) is 17.7 Å². The number of amides is 6. The lowest BCUT2D eigenvalue weighted by molar-refractivity contribution is -0.198. The molecule has 28 nitrogen and oxygen atoms in total. The number of fused-ring (bicyclic) bond motifs is 5. The normalized spacial score (nSPS) is 23.9. The summed E-state index contributed by atoms with van der Waals surface area (Å²) in [6, 6.07) is 2.46. The largest absolute Gasteiger partial charge is 0.495 e. The number of alkyl carbamates (subject to hydrolysis) is 1. The van der Waals surface area contributed by atoms with Crippen molar-refractivity contribution in [2.45, 2.75) is 139 Å². The molecule has 3 fully saturated rings. The van der Waals surface area contributed by atoms with Gasteiger partial charge in [-0.3, -0.25) is 29.3 Å². The number of nitrogens with one attached hydrogen (secondary N) is 2. The third-order valence-electron chi connectivity index (χ3n) is 15.9. The molecule has 1 aromatic carbocycles. The van der Waals surface area contributed by atoms with Crippen molar-refractivity contribution in [1.82, 2.24) is 20.6 Å². The van der Waals surface area contributed by atoms with Gasteiger partial charge in [-0.05, 0) is 51.3 Å². The number of halogens is 1. The average Bonchev–Trinajstić information content (AvgIpc) is 1.58. The van der Waals surface area contributed by atoms with E-state index in [1.54, 1.807) is 45.2 Å². The van der Waals surface area contributed by atoms with Crippen molar-refractivity contribution < 1.29 is 110 Å². The van der Waals surface area contributed by atoms with Crippen LogP contribution >= 0.6 is 23.4 Å². The second-order valence-corrected chi connectivity index (χ2v) is 25.6. The molecule has 0 radical (unpaired) electrons. The summed E-state index contributed by atoms with van der Waals surface area (Å²) in [5, 5.41) is 17.9. The first-order valence-corrected chi connectivity index (χ1v) is 32.6. The Labute approximate surface area is 553 Å². The number of likely N-dealkylation sites (N-methyl/N-ethyl adjacent to an activating group) is 1. The van der Waals surface area contributed by atoms with Crippen molar-refractivity contribution in [3.8, 4) is 5.75 Å². The van der Waals surface area contributed by atoms with E-state index in [2.05, 4.69) is 10.6 Å². The van der Waals surface area contributed by atoms with Crippen molar-refractivity contribution in [3.05, 3.63) is 46.5 Å². The van der Waals surface area contributed by atoms with Crippen molar-refractivity contribution in [3.63, 3.8) is 0 Å². The maximum Gasteiger partial charge on any atom is 0.409 e. The van der Waals surface area contributed by atoms with Crippen LogP contribution in [0.2, 0.25) is 5.02 Å². The molecule has 0 unspecified atom stereocenters. The van der Waals surface area contributed by atoms with E-state index in [0.29, 0.717) is 122 Å². The van der Waals surface area contributed by atoms with Crippen molar-refractivity contribution in [1.29, 1.82) is 0 Å². The predicted octanol–water partition coefficient (Wildman–Crippen LogP) is 4.05. The molecule has 4 bridgehead atoms. The number of allylic oxidation sites excluding steroid dienone is 3. The maximum atomic E-state index is 14.4. The van der Waals surface area contributed by atoms with E-state index in [1.165, 1.54) is 49.8 Å². The fourth-order valence-corrected chi connectivity index (χ4v) is 11.2. The van der Waals surface area contributed by atoms with Gasteiger partial charge in [0.1, 0.15) is 40.7 Å². The minimum Gasteiger partial charge on any atom is -0.495 e. The molecule has 0 spiro atoms. The Balaban J connectivity index is 0.916. The Hall–Kier alpha value is -5.54. The number of rotatable bonds is 39. The lowest BCUT2D eigenvalue weighted by atomic mass is 9.83. The highest BCUT2D eigenvalue weighted by atomic mass is 35.5. The summed E-state index contributed by atoms with van der Waals surface area (Å²) in [6.07, 6.45) is 0.898. The fraction of sp³-hybridized carbons (Fsp3) is 0.714. The Morgan fingerprint density at radius 1 is 0.839 bits per heavy atom. The number of carbonyl (C=O) groups excluding carboxylic acids is 8. The summed E-state index contributed by atoms with van der Waals surface area (Å²) in [6.45, 7) is 16.6. The van der Waals surface area contributed by atoms with Crippen LogP contribution in [0.3, 0.4) is 0 Å². The molecule has 4 aliphatic heterocycles. The van der Waals surface area contributed by atoms with Crippen LogP contribution in [-0.2, 0) is 102 Å². The van der Waals surface area contributed by atoms with Crippen LogP contribution in [0.5, 0.6) is 5.75 Å². The van der Waals surface area contributed by atoms with Gasteiger partial charge in [0.25, 0.3) is 11.8 Å². The van der Waals surface area contributed by atoms with Gasteiger partial charge in [0.15, 0.2) is 5.72 Å². The second kappa shape index (κ2) is 39.5. The number of esters is 1. The summed E-state index contributed by atoms with van der Waals surface area (Å²) in [7, 11) is 5.95. The lowest BCUT2D eigenvalue weighted by Crippen LogP contribution is -2.63. The zero-order valence-electron chi connectivity index (χ0n) is 55.3. The molecule has 4 aliphatic rings. The summed E-state index contributed by atoms with van der Waals surface area (Å²) in [5.41, 5.74) is -1.14. The van der Waals surface area contributed by atoms with Gasteiger partial charge >= 0.3 is 18.0 Å². The number of hydrogen-bond donors (Lipinski definition) is 3. The number of benzene rings is 1. The minimum absolute atomic E-state index is 0.0374. The van der Waals surface area contributed by atoms with E-state index in [-0.39, 0.29) is 80.9 Å². The molecular weight excluding hydrogens is 1260 g/mol. The molecule has 93 heavy (non-hydrogen) atoms. The Kier molecular flexibility index (Phi) is 33.2. The highest BCUT2D eigenvalue weighted by Gasteiger charge is 2.64. The molecule has 3 N–H and O–H groups in total. The summed E-state index contributed by atoms with van der Waals surface area (Å²) < 4.78 is 72.9. The molecule has 3 saturated heterocycles. The quantitative estimate of drug-likeness (QED) is 0.0362. The first kappa shape index (κ1) is 78.2. The van der Waals surface area contributed by atoms with Crippen LogP contribution < -0.4 is 20.3 Å². The van der Waals surface area contributed by atoms with E-state index in [4.69, 9.17) is 78.0 Å². The van der Waals surface area contributed by atoms with Crippen LogP contribution in [0, 0.1) is 5.92 Å². The van der Waals surface area contributed by atoms with Crippen LogP contribution in [0.25, 0.3) is 0 Å². The number of ether oxygens (including phenoxy) is 13. The van der Waals surface area contributed by atoms with Crippen molar-refractivity contribution >= 4 is 76.6 Å². The van der Waals surface area contributed by atoms with Gasteiger partial charge in [0, 0.05) is 64.1 Å². The van der Waals surface area contributed by atoms with Gasteiger partial charge in [-0.25, -0.2) is 14.4 Å². The monoisotopic (exact) mass is 1360 g/mol. The topological polar surface area (TPSA) is 323 Å². The highest BCUT2D eigenvalue weighted by molar-refractivity contribution is 8.01. The Morgan fingerprint density at radius 2 is 1.39 bits per heavy atom. The van der Waals surface area contributed by atoms with Crippen molar-refractivity contribution in [2.24, 2.45) is 5.92 Å². The Bertz CT molecular complexity index is 2670. The van der Waals surface area contributed by atoms with Gasteiger partial charge in [-0.2, -0.15) is 0 Å². The second-order valence-electron chi connectivity index (χ2n) is 23.5. The molecule has 0 saturated carbocycles. The van der Waals surface area contributed by atoms with Crippen LogP contribution in [0.4, 0.5) is 10.5 Å². The molecule has 0 aromatic heterocycles. The standard InChI is InChI=1S/C63H96ClN5O23S/c1-42-12-11-13-49(80-10)63(78)40-48(89-60(77)66-63)43(2)58-62(6,91-58)50(39-55(74)68(8)46-37-45(36-42)38-47(79-9)57(46)64)90-59(76)44(3)67(7)52(71)16-18-61(4,5)93-41-51(70)65-19-21-82-23-25-84-27-29-86-31-33-88-35-34-87-32-30-85-28-26-83-24-22-81-20-17-56(75)92-69-53(72)14-15-54(69)73/h11-13,37-38,43-44,48-50,58,78H,14-36,39-41H2,1-10H3,(H,65,70)(H,66,77)/b13-11+,42-12+/t43-,44+,48+,49-,50+,58+,62+,63+/m1/s1. The number of epoxide rings is 1. The number of imide groups is 1. The van der Waals surface area contributed by atoms with Gasteiger partial charge in [-0.1, -0.05) is 56.2 Å². The molecule has 1 aromatic rings. The number of hydrogen-bond acceptors (Lipinski definition) is 24. The van der Waals surface area contributed by atoms with Crippen LogP contribution in [-0.4, -0.2) is 255 Å². The molecule has 5 rings (SSSR count). The zero-order valence-corrected chi connectivity index (χ0v) is 56.9. The lowest BCUT2D eigenvalue weighted by Gasteiger charge is -2.42. The van der Waals surface area contributed by atoms with E-state index in [9.17, 15) is 43.5 Å². The first-order valence-electron chi connectivity index (χ1n) is 31.3. The average molecular weight is 1360 g/mol. The van der Waals surface area contributed by atoms with Crippen LogP contribution in [0.1, 0.15) is 92.1 Å². The molecule has 8 atom stereocenters. The zero-order chi connectivity index (χ0) is 68.1. The Morgan fingerprint density at radius 3 is 1.94 bits per heavy atom. The number of methoxy groups -OCH3 is 2. The molecule has 30 heteroatoms. The first-order chi connectivity index (χ1) is 44.3. The molecule has 524 valence electrons. The number of nitrogens with zero attached hydrogens (tertiary/aromatic N) is 3. The van der Waals surface area contributed by atoms with E-state index >= 15 is 0 Å². The number of aliphatic hydroxyl groups is 1. The summed E-state index contributed by atoms with van der Waals surface area (Å²) in [5.74, 6) is -3.68. The number of hydroxylamine groups is 2. The maximum absolute atomic E-state index is 14.4. The van der Waals surface area contributed by atoms with Crippen LogP contribution in [0.15, 0.2) is 35.9 Å². The number of carbonyl (C=O) groups is 8. The van der Waals surface area contributed by atoms with Gasteiger partial charge < -0.3 is 86.6 Å². The predicted molar refractivity (Wildman–Crippen MR) is 338 cm³/mol. The number of thioether (sulfide) groups is 1. The molecule has 0 aliphatic carbocycles. The van der Waals surface area contributed by atoms with Crippen molar-refractivity contribution in [2.75, 3.05) is 151 Å². The smallest absolute Gasteiger partial charge is 0.409 e. The molecule has 4 heterocycles. The van der Waals surface area contributed by atoms with E-state index in [1.807, 2.05) is 26.8 Å². The minimum atomic E-state index is -1.88. The third-order valence-corrected chi connectivity index (χ3v) is 17.7.